The van der Waals surface area contributed by atoms with Crippen molar-refractivity contribution in [2.24, 2.45) is 23.7 Å². The van der Waals surface area contributed by atoms with Crippen LogP contribution in [0.3, 0.4) is 0 Å². The summed E-state index contributed by atoms with van der Waals surface area (Å²) in [6, 6.07) is 0. The highest BCUT2D eigenvalue weighted by atomic mass is 16.1. The van der Waals surface area contributed by atoms with Gasteiger partial charge in [-0.3, -0.25) is 4.79 Å². The Morgan fingerprint density at radius 2 is 1.21 bits per heavy atom. The lowest BCUT2D eigenvalue weighted by molar-refractivity contribution is -0.104. The molecular formula is C26H51NO. The van der Waals surface area contributed by atoms with E-state index >= 15 is 0 Å². The molecule has 2 saturated carbocycles. The van der Waals surface area contributed by atoms with Crippen molar-refractivity contribution < 1.29 is 4.79 Å². The van der Waals surface area contributed by atoms with Crippen molar-refractivity contribution in [2.45, 2.75) is 111 Å². The highest BCUT2D eigenvalue weighted by Gasteiger charge is 2.30. The number of nitrogens with one attached hydrogen (secondary N) is 1. The predicted molar refractivity (Wildman–Crippen MR) is 126 cm³/mol. The van der Waals surface area contributed by atoms with Crippen molar-refractivity contribution in [1.29, 1.82) is 0 Å². The zero-order valence-electron chi connectivity index (χ0n) is 19.9. The van der Waals surface area contributed by atoms with Crippen LogP contribution in [0.4, 0.5) is 0 Å². The highest BCUT2D eigenvalue weighted by Crippen LogP contribution is 2.42. The maximum Gasteiger partial charge on any atom is 0.145 e. The molecule has 0 unspecified atom stereocenters. The third-order valence-electron chi connectivity index (χ3n) is 6.56. The standard InChI is InChI=1S/C20H38.C4H6O.C2H7N/c1-3-5-6-8-18-11-15-20(16-12-18)19-13-9-17(7-4-2)10-14-19;1-4(2)3-5;1-3-2/h17-20H,3-16H2,1-2H3;3H,1H2,2H3;3H,1-2H3. The predicted octanol–water partition coefficient (Wildman–Crippen LogP) is 7.58. The monoisotopic (exact) mass is 393 g/mol. The summed E-state index contributed by atoms with van der Waals surface area (Å²) in [5, 5.41) is 2.75. The SMILES string of the molecule is C=C(C)C=O.CCCCCC1CCC(C2CCC(CCC)CC2)CC1.CNC. The van der Waals surface area contributed by atoms with E-state index in [0.29, 0.717) is 5.57 Å². The van der Waals surface area contributed by atoms with Crippen molar-refractivity contribution in [1.82, 2.24) is 5.32 Å². The van der Waals surface area contributed by atoms with Crippen molar-refractivity contribution in [2.75, 3.05) is 14.1 Å². The molecule has 28 heavy (non-hydrogen) atoms. The van der Waals surface area contributed by atoms with Gasteiger partial charge in [0.25, 0.3) is 0 Å². The fraction of sp³-hybridized carbons (Fsp3) is 0.885. The fourth-order valence-electron chi connectivity index (χ4n) is 4.99. The van der Waals surface area contributed by atoms with E-state index in [1.165, 1.54) is 38.5 Å². The Balaban J connectivity index is 0.000000777. The molecule has 2 rings (SSSR count). The first-order chi connectivity index (χ1) is 13.5. The van der Waals surface area contributed by atoms with Gasteiger partial charge in [0.2, 0.25) is 0 Å². The number of rotatable bonds is 8. The zero-order chi connectivity index (χ0) is 21.2. The second-order valence-electron chi connectivity index (χ2n) is 9.31. The van der Waals surface area contributed by atoms with Crippen molar-refractivity contribution in [3.05, 3.63) is 12.2 Å². The maximum absolute atomic E-state index is 9.41. The molecule has 0 spiro atoms. The average molecular weight is 394 g/mol. The summed E-state index contributed by atoms with van der Waals surface area (Å²) in [7, 11) is 3.75. The van der Waals surface area contributed by atoms with Gasteiger partial charge in [0, 0.05) is 0 Å². The minimum Gasteiger partial charge on any atom is -0.323 e. The number of carbonyl (C=O) groups is 1. The van der Waals surface area contributed by atoms with E-state index in [0.717, 1.165) is 30.0 Å². The van der Waals surface area contributed by atoms with Gasteiger partial charge in [0.1, 0.15) is 6.29 Å². The average Bonchev–Trinajstić information content (AvgIpc) is 2.71. The molecule has 0 amide bonds. The summed E-state index contributed by atoms with van der Waals surface area (Å²) in [4.78, 5) is 9.41. The molecule has 166 valence electrons. The number of carbonyl (C=O) groups excluding carboxylic acids is 1. The quantitative estimate of drug-likeness (QED) is 0.261. The lowest BCUT2D eigenvalue weighted by Crippen LogP contribution is -2.25. The topological polar surface area (TPSA) is 29.1 Å². The first-order valence-electron chi connectivity index (χ1n) is 12.2. The molecule has 0 radical (unpaired) electrons. The van der Waals surface area contributed by atoms with Gasteiger partial charge in [-0.05, 0) is 75.9 Å². The van der Waals surface area contributed by atoms with E-state index in [1.54, 1.807) is 58.3 Å². The van der Waals surface area contributed by atoms with E-state index < -0.39 is 0 Å². The van der Waals surface area contributed by atoms with Crippen molar-refractivity contribution in [3.63, 3.8) is 0 Å². The van der Waals surface area contributed by atoms with Crippen LogP contribution in [0.1, 0.15) is 111 Å². The van der Waals surface area contributed by atoms with Gasteiger partial charge in [-0.1, -0.05) is 84.6 Å². The Labute approximate surface area is 177 Å². The van der Waals surface area contributed by atoms with Crippen LogP contribution < -0.4 is 5.32 Å². The second-order valence-corrected chi connectivity index (χ2v) is 9.31. The Bertz CT molecular complexity index is 363. The largest absolute Gasteiger partial charge is 0.323 e. The molecule has 0 aromatic heterocycles. The van der Waals surface area contributed by atoms with Crippen LogP contribution in [0.15, 0.2) is 12.2 Å². The first-order valence-corrected chi connectivity index (χ1v) is 12.2. The van der Waals surface area contributed by atoms with Crippen LogP contribution in [-0.4, -0.2) is 20.4 Å². The van der Waals surface area contributed by atoms with Gasteiger partial charge < -0.3 is 5.32 Å². The van der Waals surface area contributed by atoms with Gasteiger partial charge in [-0.25, -0.2) is 0 Å². The van der Waals surface area contributed by atoms with Crippen LogP contribution in [0.5, 0.6) is 0 Å². The number of unbranched alkanes of at least 4 members (excludes halogenated alkanes) is 2. The summed E-state index contributed by atoms with van der Waals surface area (Å²) in [5.41, 5.74) is 0.574. The Kier molecular flexibility index (Phi) is 18.0. The van der Waals surface area contributed by atoms with E-state index in [-0.39, 0.29) is 0 Å². The minimum atomic E-state index is 0.574. The summed E-state index contributed by atoms with van der Waals surface area (Å²) >= 11 is 0. The molecular weight excluding hydrogens is 342 g/mol. The lowest BCUT2D eigenvalue weighted by Gasteiger charge is -2.38. The van der Waals surface area contributed by atoms with Crippen LogP contribution >= 0.6 is 0 Å². The molecule has 0 saturated heterocycles. The number of allylic oxidation sites excluding steroid dienone is 1. The van der Waals surface area contributed by atoms with Gasteiger partial charge in [-0.2, -0.15) is 0 Å². The Morgan fingerprint density at radius 1 is 0.821 bits per heavy atom. The summed E-state index contributed by atoms with van der Waals surface area (Å²) in [5.74, 6) is 4.40. The van der Waals surface area contributed by atoms with E-state index in [2.05, 4.69) is 25.7 Å². The zero-order valence-corrected chi connectivity index (χ0v) is 19.9. The Morgan fingerprint density at radius 3 is 1.54 bits per heavy atom. The van der Waals surface area contributed by atoms with E-state index in [9.17, 15) is 4.79 Å². The summed E-state index contributed by atoms with van der Waals surface area (Å²) in [6.45, 7) is 9.64. The molecule has 0 atom stereocenters. The normalized spacial score (nSPS) is 26.9. The Hall–Kier alpha value is -0.630. The third kappa shape index (κ3) is 13.5. The summed E-state index contributed by atoms with van der Waals surface area (Å²) in [6.07, 6.45) is 22.0. The summed E-state index contributed by atoms with van der Waals surface area (Å²) < 4.78 is 0. The first kappa shape index (κ1) is 27.4. The van der Waals surface area contributed by atoms with Crippen LogP contribution in [-0.2, 0) is 4.79 Å². The van der Waals surface area contributed by atoms with Gasteiger partial charge in [0.05, 0.1) is 0 Å². The third-order valence-corrected chi connectivity index (χ3v) is 6.56. The van der Waals surface area contributed by atoms with E-state index in [4.69, 9.17) is 0 Å². The fourth-order valence-corrected chi connectivity index (χ4v) is 4.99. The van der Waals surface area contributed by atoms with Crippen molar-refractivity contribution >= 4 is 6.29 Å². The highest BCUT2D eigenvalue weighted by molar-refractivity contribution is 5.70. The number of hydrogen-bond acceptors (Lipinski definition) is 2. The molecule has 0 aromatic rings. The maximum atomic E-state index is 9.41. The molecule has 2 fully saturated rings. The van der Waals surface area contributed by atoms with Gasteiger partial charge in [-0.15, -0.1) is 0 Å². The minimum absolute atomic E-state index is 0.574. The molecule has 0 aromatic carbocycles. The van der Waals surface area contributed by atoms with Crippen LogP contribution in [0.2, 0.25) is 0 Å². The number of aldehydes is 1. The van der Waals surface area contributed by atoms with Crippen molar-refractivity contribution in [3.8, 4) is 0 Å². The molecule has 2 heteroatoms. The molecule has 0 heterocycles. The number of hydrogen-bond donors (Lipinski definition) is 1. The molecule has 2 nitrogen and oxygen atoms in total. The molecule has 0 aliphatic heterocycles. The second kappa shape index (κ2) is 18.4. The van der Waals surface area contributed by atoms with Gasteiger partial charge in [0.15, 0.2) is 0 Å². The molecule has 2 aliphatic rings. The molecule has 2 aliphatic carbocycles. The molecule has 1 N–H and O–H groups in total. The van der Waals surface area contributed by atoms with Crippen LogP contribution in [0, 0.1) is 23.7 Å². The smallest absolute Gasteiger partial charge is 0.145 e. The lowest BCUT2D eigenvalue weighted by atomic mass is 9.68. The van der Waals surface area contributed by atoms with Gasteiger partial charge >= 0.3 is 0 Å². The molecule has 0 bridgehead atoms. The van der Waals surface area contributed by atoms with E-state index in [1.807, 2.05) is 14.1 Å². The van der Waals surface area contributed by atoms with Crippen LogP contribution in [0.25, 0.3) is 0 Å².